The number of anilines is 1. The molecular weight excluding hydrogens is 298 g/mol. The molecule has 1 aromatic carbocycles. The average Bonchev–Trinajstić information content (AvgIpc) is 2.84. The summed E-state index contributed by atoms with van der Waals surface area (Å²) in [7, 11) is 0. The summed E-state index contributed by atoms with van der Waals surface area (Å²) in [5.74, 6) is 1.86. The van der Waals surface area contributed by atoms with Crippen LogP contribution in [0.3, 0.4) is 0 Å². The average molecular weight is 321 g/mol. The van der Waals surface area contributed by atoms with Crippen LogP contribution >= 0.6 is 0 Å². The fraction of sp³-hybridized carbons (Fsp3) is 0.368. The number of fused-ring (bicyclic) bond motifs is 2. The lowest BCUT2D eigenvalue weighted by atomic mass is 10.1. The number of aromatic nitrogens is 3. The Hall–Kier alpha value is -2.40. The van der Waals surface area contributed by atoms with Gasteiger partial charge in [0.15, 0.2) is 0 Å². The normalized spacial score (nSPS) is 14.4. The largest absolute Gasteiger partial charge is 0.368 e. The molecule has 3 aromatic rings. The maximum Gasteiger partial charge on any atom is 0.133 e. The first-order valence-corrected chi connectivity index (χ1v) is 8.66. The van der Waals surface area contributed by atoms with Crippen molar-refractivity contribution in [2.24, 2.45) is 0 Å². The topological polar surface area (TPSA) is 54.8 Å². The van der Waals surface area contributed by atoms with Crippen LogP contribution in [0.5, 0.6) is 0 Å². The van der Waals surface area contributed by atoms with E-state index in [1.165, 1.54) is 22.2 Å². The molecule has 5 heteroatoms. The lowest BCUT2D eigenvalue weighted by Gasteiger charge is -2.14. The lowest BCUT2D eigenvalue weighted by molar-refractivity contribution is 0.708. The minimum Gasteiger partial charge on any atom is -0.368 e. The summed E-state index contributed by atoms with van der Waals surface area (Å²) in [5.41, 5.74) is 3.76. The van der Waals surface area contributed by atoms with Crippen LogP contribution in [0.25, 0.3) is 10.9 Å². The predicted octanol–water partition coefficient (Wildman–Crippen LogP) is 2.54. The van der Waals surface area contributed by atoms with Crippen molar-refractivity contribution in [2.75, 3.05) is 25.0 Å². The minimum absolute atomic E-state index is 0.851. The van der Waals surface area contributed by atoms with Crippen LogP contribution in [0.2, 0.25) is 0 Å². The Morgan fingerprint density at radius 3 is 2.96 bits per heavy atom. The molecule has 0 atom stereocenters. The second-order valence-electron chi connectivity index (χ2n) is 6.29. The maximum atomic E-state index is 4.65. The van der Waals surface area contributed by atoms with Crippen LogP contribution in [0.1, 0.15) is 17.1 Å². The molecule has 4 rings (SSSR count). The van der Waals surface area contributed by atoms with E-state index in [0.717, 1.165) is 50.7 Å². The van der Waals surface area contributed by atoms with Gasteiger partial charge < -0.3 is 15.2 Å². The third-order valence-corrected chi connectivity index (χ3v) is 4.62. The van der Waals surface area contributed by atoms with Gasteiger partial charge in [-0.2, -0.15) is 0 Å². The van der Waals surface area contributed by atoms with Crippen molar-refractivity contribution < 1.29 is 0 Å². The summed E-state index contributed by atoms with van der Waals surface area (Å²) in [6.07, 6.45) is 4.13. The third kappa shape index (κ3) is 2.99. The van der Waals surface area contributed by atoms with Gasteiger partial charge in [0.05, 0.1) is 5.69 Å². The van der Waals surface area contributed by atoms with Gasteiger partial charge in [0.2, 0.25) is 0 Å². The maximum absolute atomic E-state index is 4.65. The molecule has 2 aromatic heterocycles. The monoisotopic (exact) mass is 321 g/mol. The fourth-order valence-electron chi connectivity index (χ4n) is 3.44. The van der Waals surface area contributed by atoms with Crippen LogP contribution in [0.15, 0.2) is 36.5 Å². The quantitative estimate of drug-likeness (QED) is 0.775. The zero-order chi connectivity index (χ0) is 16.4. The molecule has 0 saturated heterocycles. The lowest BCUT2D eigenvalue weighted by Crippen LogP contribution is -2.16. The molecule has 0 saturated carbocycles. The number of hydrogen-bond donors (Lipinski definition) is 2. The number of para-hydroxylation sites is 1. The molecular formula is C19H23N5. The van der Waals surface area contributed by atoms with E-state index in [4.69, 9.17) is 0 Å². The second kappa shape index (κ2) is 6.61. The highest BCUT2D eigenvalue weighted by molar-refractivity contribution is 5.79. The Morgan fingerprint density at radius 2 is 2.00 bits per heavy atom. The number of rotatable bonds is 4. The van der Waals surface area contributed by atoms with Crippen molar-refractivity contribution in [1.29, 1.82) is 0 Å². The first-order valence-electron chi connectivity index (χ1n) is 8.66. The molecule has 0 amide bonds. The highest BCUT2D eigenvalue weighted by Gasteiger charge is 2.15. The van der Waals surface area contributed by atoms with Gasteiger partial charge in [-0.3, -0.25) is 0 Å². The summed E-state index contributed by atoms with van der Waals surface area (Å²) in [4.78, 5) is 9.29. The zero-order valence-electron chi connectivity index (χ0n) is 14.0. The van der Waals surface area contributed by atoms with Gasteiger partial charge in [0, 0.05) is 43.3 Å². The van der Waals surface area contributed by atoms with Crippen molar-refractivity contribution in [3.63, 3.8) is 0 Å². The van der Waals surface area contributed by atoms with E-state index in [1.54, 1.807) is 0 Å². The second-order valence-corrected chi connectivity index (χ2v) is 6.29. The molecule has 0 fully saturated rings. The molecule has 24 heavy (non-hydrogen) atoms. The summed E-state index contributed by atoms with van der Waals surface area (Å²) in [5, 5.41) is 8.27. The first-order chi connectivity index (χ1) is 11.8. The van der Waals surface area contributed by atoms with Crippen LogP contribution in [-0.4, -0.2) is 34.2 Å². The molecule has 0 spiro atoms. The summed E-state index contributed by atoms with van der Waals surface area (Å²) in [6.45, 7) is 5.75. The molecule has 5 nitrogen and oxygen atoms in total. The Bertz CT molecular complexity index is 852. The summed E-state index contributed by atoms with van der Waals surface area (Å²) in [6, 6.07) is 10.7. The van der Waals surface area contributed by atoms with Crippen LogP contribution in [0.4, 0.5) is 5.82 Å². The molecule has 0 unspecified atom stereocenters. The highest BCUT2D eigenvalue weighted by atomic mass is 15.1. The van der Waals surface area contributed by atoms with Crippen molar-refractivity contribution in [1.82, 2.24) is 19.9 Å². The van der Waals surface area contributed by atoms with Crippen LogP contribution < -0.4 is 10.6 Å². The minimum atomic E-state index is 0.851. The van der Waals surface area contributed by atoms with Gasteiger partial charge in [0.25, 0.3) is 0 Å². The number of benzene rings is 1. The van der Waals surface area contributed by atoms with E-state index >= 15 is 0 Å². The van der Waals surface area contributed by atoms with Gasteiger partial charge in [0.1, 0.15) is 11.6 Å². The van der Waals surface area contributed by atoms with Crippen LogP contribution in [-0.2, 0) is 19.4 Å². The van der Waals surface area contributed by atoms with Gasteiger partial charge in [-0.15, -0.1) is 0 Å². The Kier molecular flexibility index (Phi) is 4.17. The number of nitrogens with one attached hydrogen (secondary N) is 2. The van der Waals surface area contributed by atoms with E-state index in [-0.39, 0.29) is 0 Å². The highest BCUT2D eigenvalue weighted by Crippen LogP contribution is 2.20. The van der Waals surface area contributed by atoms with Crippen LogP contribution in [0, 0.1) is 6.92 Å². The Labute approximate surface area is 142 Å². The van der Waals surface area contributed by atoms with E-state index in [0.29, 0.717) is 0 Å². The number of nitrogens with zero attached hydrogens (tertiary/aromatic N) is 3. The van der Waals surface area contributed by atoms with Crippen molar-refractivity contribution >= 4 is 16.7 Å². The SMILES string of the molecule is Cc1nc2c(c(NCCn3ccc4ccccc43)n1)CCNCC2. The van der Waals surface area contributed by atoms with E-state index in [2.05, 4.69) is 61.7 Å². The van der Waals surface area contributed by atoms with Gasteiger partial charge >= 0.3 is 0 Å². The molecule has 2 N–H and O–H groups in total. The molecule has 124 valence electrons. The smallest absolute Gasteiger partial charge is 0.133 e. The molecule has 1 aliphatic heterocycles. The Balaban J connectivity index is 1.51. The van der Waals surface area contributed by atoms with Gasteiger partial charge in [-0.1, -0.05) is 18.2 Å². The molecule has 0 bridgehead atoms. The fourth-order valence-corrected chi connectivity index (χ4v) is 3.44. The van der Waals surface area contributed by atoms with E-state index in [9.17, 15) is 0 Å². The van der Waals surface area contributed by atoms with Crippen molar-refractivity contribution in [3.05, 3.63) is 53.6 Å². The summed E-state index contributed by atoms with van der Waals surface area (Å²) < 4.78 is 2.29. The first kappa shape index (κ1) is 15.1. The van der Waals surface area contributed by atoms with E-state index in [1.807, 2.05) is 6.92 Å². The predicted molar refractivity (Wildman–Crippen MR) is 97.5 cm³/mol. The van der Waals surface area contributed by atoms with Crippen molar-refractivity contribution in [2.45, 2.75) is 26.3 Å². The molecule has 0 radical (unpaired) electrons. The summed E-state index contributed by atoms with van der Waals surface area (Å²) >= 11 is 0. The zero-order valence-corrected chi connectivity index (χ0v) is 14.0. The van der Waals surface area contributed by atoms with Gasteiger partial charge in [-0.25, -0.2) is 9.97 Å². The molecule has 3 heterocycles. The molecule has 1 aliphatic rings. The number of aryl methyl sites for hydroxylation is 1. The van der Waals surface area contributed by atoms with Crippen molar-refractivity contribution in [3.8, 4) is 0 Å². The number of hydrogen-bond acceptors (Lipinski definition) is 4. The third-order valence-electron chi connectivity index (χ3n) is 4.62. The van der Waals surface area contributed by atoms with Gasteiger partial charge in [-0.05, 0) is 37.4 Å². The molecule has 0 aliphatic carbocycles. The standard InChI is InChI=1S/C19H23N5/c1-14-22-17-7-10-20-9-6-16(17)19(23-14)21-11-13-24-12-8-15-4-2-3-5-18(15)24/h2-5,8,12,20H,6-7,9-11,13H2,1H3,(H,21,22,23). The van der Waals surface area contributed by atoms with E-state index < -0.39 is 0 Å². The Morgan fingerprint density at radius 1 is 1.12 bits per heavy atom.